The van der Waals surface area contributed by atoms with Gasteiger partial charge in [0, 0.05) is 5.38 Å². The van der Waals surface area contributed by atoms with Crippen molar-refractivity contribution in [1.82, 2.24) is 4.98 Å². The topological polar surface area (TPSA) is 38.9 Å². The molecule has 1 aromatic heterocycles. The minimum Gasteiger partial charge on any atom is -0.319 e. The molecule has 0 aromatic carbocycles. The molecule has 2 N–H and O–H groups in total. The van der Waals surface area contributed by atoms with E-state index in [-0.39, 0.29) is 5.54 Å². The predicted molar refractivity (Wildman–Crippen MR) is 83.5 cm³/mol. The van der Waals surface area contributed by atoms with Crippen LogP contribution in [-0.4, -0.2) is 4.98 Å². The second-order valence-corrected chi connectivity index (χ2v) is 7.68. The smallest absolute Gasteiger partial charge is 0.113 e. The van der Waals surface area contributed by atoms with Gasteiger partial charge < -0.3 is 5.73 Å². The minimum atomic E-state index is -0.165. The second kappa shape index (κ2) is 5.92. The van der Waals surface area contributed by atoms with Crippen LogP contribution >= 0.6 is 11.3 Å². The van der Waals surface area contributed by atoms with Gasteiger partial charge in [-0.1, -0.05) is 40.5 Å². The summed E-state index contributed by atoms with van der Waals surface area (Å²) in [5.74, 6) is 2.13. The van der Waals surface area contributed by atoms with Gasteiger partial charge in [0.2, 0.25) is 0 Å². The van der Waals surface area contributed by atoms with Crippen LogP contribution < -0.4 is 5.73 Å². The van der Waals surface area contributed by atoms with Gasteiger partial charge in [0.05, 0.1) is 11.2 Å². The van der Waals surface area contributed by atoms with Gasteiger partial charge in [-0.3, -0.25) is 0 Å². The number of hydrogen-bond donors (Lipinski definition) is 1. The van der Waals surface area contributed by atoms with E-state index in [1.807, 2.05) is 0 Å². The maximum atomic E-state index is 6.70. The van der Waals surface area contributed by atoms with Crippen LogP contribution in [-0.2, 0) is 5.54 Å². The number of hydrogen-bond acceptors (Lipinski definition) is 3. The van der Waals surface area contributed by atoms with Crippen LogP contribution in [0.5, 0.6) is 0 Å². The van der Waals surface area contributed by atoms with E-state index in [2.05, 4.69) is 33.1 Å². The summed E-state index contributed by atoms with van der Waals surface area (Å²) in [6.45, 7) is 9.08. The summed E-state index contributed by atoms with van der Waals surface area (Å²) in [6.07, 6.45) is 6.03. The normalized spacial score (nSPS) is 28.9. The molecule has 0 radical (unpaired) electrons. The highest BCUT2D eigenvalue weighted by molar-refractivity contribution is 7.09. The lowest BCUT2D eigenvalue weighted by atomic mass is 9.87. The Bertz CT molecular complexity index is 411. The van der Waals surface area contributed by atoms with Gasteiger partial charge >= 0.3 is 0 Å². The molecule has 108 valence electrons. The third kappa shape index (κ3) is 3.38. The molecule has 19 heavy (non-hydrogen) atoms. The van der Waals surface area contributed by atoms with Gasteiger partial charge in [0.25, 0.3) is 0 Å². The number of aromatic nitrogens is 1. The first-order valence-electron chi connectivity index (χ1n) is 7.67. The van der Waals surface area contributed by atoms with Crippen molar-refractivity contribution in [3.05, 3.63) is 16.1 Å². The molecule has 2 rings (SSSR count). The van der Waals surface area contributed by atoms with Crippen molar-refractivity contribution in [2.45, 2.75) is 71.3 Å². The van der Waals surface area contributed by atoms with Gasteiger partial charge in [-0.15, -0.1) is 11.3 Å². The van der Waals surface area contributed by atoms with E-state index in [0.717, 1.165) is 24.7 Å². The maximum absolute atomic E-state index is 6.70. The first-order valence-corrected chi connectivity index (χ1v) is 8.55. The SMILES string of the molecule is CC(C)c1csc(C2(N)CCCC(C(C)C)CC2)n1. The summed E-state index contributed by atoms with van der Waals surface area (Å²) in [7, 11) is 0. The molecule has 2 unspecified atom stereocenters. The summed E-state index contributed by atoms with van der Waals surface area (Å²) < 4.78 is 0. The summed E-state index contributed by atoms with van der Waals surface area (Å²) in [5.41, 5.74) is 7.74. The van der Waals surface area contributed by atoms with E-state index in [0.29, 0.717) is 5.92 Å². The molecule has 1 aromatic rings. The van der Waals surface area contributed by atoms with Crippen LogP contribution in [0.1, 0.15) is 76.4 Å². The third-order valence-corrected chi connectivity index (χ3v) is 5.72. The van der Waals surface area contributed by atoms with E-state index in [1.165, 1.54) is 30.0 Å². The van der Waals surface area contributed by atoms with Crippen LogP contribution in [0.25, 0.3) is 0 Å². The highest BCUT2D eigenvalue weighted by Crippen LogP contribution is 2.39. The standard InChI is InChI=1S/C16H28N2S/c1-11(2)13-6-5-8-16(17,9-7-13)15-18-14(10-19-15)12(3)4/h10-13H,5-9,17H2,1-4H3. The zero-order valence-electron chi connectivity index (χ0n) is 12.8. The molecule has 2 atom stereocenters. The zero-order valence-corrected chi connectivity index (χ0v) is 13.6. The first-order chi connectivity index (χ1) is 8.92. The number of nitrogens with zero attached hydrogens (tertiary/aromatic N) is 1. The summed E-state index contributed by atoms with van der Waals surface area (Å²) in [4.78, 5) is 4.81. The molecule has 0 spiro atoms. The Morgan fingerprint density at radius 1 is 1.26 bits per heavy atom. The third-order valence-electron chi connectivity index (χ3n) is 4.64. The lowest BCUT2D eigenvalue weighted by Crippen LogP contribution is -2.36. The second-order valence-electron chi connectivity index (χ2n) is 6.82. The van der Waals surface area contributed by atoms with Gasteiger partial charge in [0.1, 0.15) is 5.01 Å². The van der Waals surface area contributed by atoms with Crippen LogP contribution in [0, 0.1) is 11.8 Å². The van der Waals surface area contributed by atoms with Crippen molar-refractivity contribution in [2.24, 2.45) is 17.6 Å². The van der Waals surface area contributed by atoms with Crippen LogP contribution in [0.4, 0.5) is 0 Å². The fourth-order valence-corrected chi connectivity index (χ4v) is 4.21. The summed E-state index contributed by atoms with van der Waals surface area (Å²) in [6, 6.07) is 0. The monoisotopic (exact) mass is 280 g/mol. The molecular formula is C16H28N2S. The first kappa shape index (κ1) is 15.0. The summed E-state index contributed by atoms with van der Waals surface area (Å²) in [5, 5.41) is 3.36. The molecule has 1 heterocycles. The summed E-state index contributed by atoms with van der Waals surface area (Å²) >= 11 is 1.77. The maximum Gasteiger partial charge on any atom is 0.113 e. The Balaban J connectivity index is 2.13. The average molecular weight is 280 g/mol. The van der Waals surface area contributed by atoms with E-state index in [4.69, 9.17) is 10.7 Å². The minimum absolute atomic E-state index is 0.165. The molecule has 2 nitrogen and oxygen atoms in total. The van der Waals surface area contributed by atoms with Crippen LogP contribution in [0.2, 0.25) is 0 Å². The molecule has 1 aliphatic rings. The average Bonchev–Trinajstić information content (AvgIpc) is 2.75. The molecular weight excluding hydrogens is 252 g/mol. The van der Waals surface area contributed by atoms with Gasteiger partial charge in [-0.05, 0) is 37.0 Å². The molecule has 1 saturated carbocycles. The number of rotatable bonds is 3. The molecule has 1 aliphatic carbocycles. The molecule has 3 heteroatoms. The lowest BCUT2D eigenvalue weighted by Gasteiger charge is -2.26. The molecule has 0 aliphatic heterocycles. The number of thiazole rings is 1. The molecule has 1 fully saturated rings. The fourth-order valence-electron chi connectivity index (χ4n) is 3.05. The van der Waals surface area contributed by atoms with Crippen LogP contribution in [0.15, 0.2) is 5.38 Å². The highest BCUT2D eigenvalue weighted by Gasteiger charge is 2.34. The Kier molecular flexibility index (Phi) is 4.67. The van der Waals surface area contributed by atoms with E-state index in [1.54, 1.807) is 11.3 Å². The quantitative estimate of drug-likeness (QED) is 0.818. The van der Waals surface area contributed by atoms with Crippen molar-refractivity contribution >= 4 is 11.3 Å². The molecule has 0 bridgehead atoms. The Labute approximate surface area is 121 Å². The van der Waals surface area contributed by atoms with Gasteiger partial charge in [-0.25, -0.2) is 4.98 Å². The number of nitrogens with two attached hydrogens (primary N) is 1. The predicted octanol–water partition coefficient (Wildman–Crippen LogP) is 4.66. The van der Waals surface area contributed by atoms with Crippen molar-refractivity contribution in [3.63, 3.8) is 0 Å². The van der Waals surface area contributed by atoms with Gasteiger partial charge in [-0.2, -0.15) is 0 Å². The Hall–Kier alpha value is -0.410. The van der Waals surface area contributed by atoms with Crippen LogP contribution in [0.3, 0.4) is 0 Å². The van der Waals surface area contributed by atoms with Crippen molar-refractivity contribution in [3.8, 4) is 0 Å². The van der Waals surface area contributed by atoms with Crippen molar-refractivity contribution in [2.75, 3.05) is 0 Å². The molecule has 0 saturated heterocycles. The molecule has 0 amide bonds. The van der Waals surface area contributed by atoms with E-state index in [9.17, 15) is 0 Å². The Morgan fingerprint density at radius 3 is 2.58 bits per heavy atom. The lowest BCUT2D eigenvalue weighted by molar-refractivity contribution is 0.325. The van der Waals surface area contributed by atoms with Crippen molar-refractivity contribution < 1.29 is 0 Å². The largest absolute Gasteiger partial charge is 0.319 e. The van der Waals surface area contributed by atoms with E-state index >= 15 is 0 Å². The Morgan fingerprint density at radius 2 is 2.00 bits per heavy atom. The fraction of sp³-hybridized carbons (Fsp3) is 0.812. The highest BCUT2D eigenvalue weighted by atomic mass is 32.1. The zero-order chi connectivity index (χ0) is 14.0. The van der Waals surface area contributed by atoms with Crippen molar-refractivity contribution in [1.29, 1.82) is 0 Å². The van der Waals surface area contributed by atoms with Gasteiger partial charge in [0.15, 0.2) is 0 Å². The van der Waals surface area contributed by atoms with E-state index < -0.39 is 0 Å².